The van der Waals surface area contributed by atoms with Crippen LogP contribution in [0.15, 0.2) is 71.9 Å². The molecule has 0 unspecified atom stereocenters. The number of imidazole rings is 1. The van der Waals surface area contributed by atoms with Crippen molar-refractivity contribution in [2.75, 3.05) is 11.1 Å². The Kier molecular flexibility index (Phi) is 7.16. The number of anilines is 1. The van der Waals surface area contributed by atoms with Crippen LogP contribution in [0.3, 0.4) is 0 Å². The van der Waals surface area contributed by atoms with Crippen molar-refractivity contribution >= 4 is 35.0 Å². The summed E-state index contributed by atoms with van der Waals surface area (Å²) in [6.07, 6.45) is 0.278. The average molecular weight is 480 g/mol. The van der Waals surface area contributed by atoms with Crippen LogP contribution in [0.5, 0.6) is 0 Å². The Morgan fingerprint density at radius 1 is 1.00 bits per heavy atom. The molecule has 0 bridgehead atoms. The number of H-pyrrole nitrogens is 1. The Balaban J connectivity index is 1.47. The van der Waals surface area contributed by atoms with Crippen LogP contribution in [0.4, 0.5) is 10.1 Å². The Bertz CT molecular complexity index is 1210. The van der Waals surface area contributed by atoms with E-state index in [-0.39, 0.29) is 17.4 Å². The van der Waals surface area contributed by atoms with E-state index in [9.17, 15) is 9.18 Å². The van der Waals surface area contributed by atoms with E-state index in [1.165, 1.54) is 41.1 Å². The van der Waals surface area contributed by atoms with E-state index in [1.807, 2.05) is 0 Å². The van der Waals surface area contributed by atoms with Gasteiger partial charge in [0.15, 0.2) is 5.16 Å². The molecule has 4 nitrogen and oxygen atoms in total. The summed E-state index contributed by atoms with van der Waals surface area (Å²) in [5, 5.41) is 3.47. The van der Waals surface area contributed by atoms with E-state index in [0.717, 1.165) is 27.7 Å². The summed E-state index contributed by atoms with van der Waals surface area (Å²) in [4.78, 5) is 20.5. The number of hydrogen-bond donors (Lipinski definition) is 2. The summed E-state index contributed by atoms with van der Waals surface area (Å²) in [6.45, 7) is 4.12. The van der Waals surface area contributed by atoms with Crippen molar-refractivity contribution in [1.29, 1.82) is 0 Å². The van der Waals surface area contributed by atoms with E-state index < -0.39 is 5.82 Å². The number of nitrogens with zero attached hydrogens (tertiary/aromatic N) is 1. The average Bonchev–Trinajstić information content (AvgIpc) is 3.21. The van der Waals surface area contributed by atoms with Gasteiger partial charge in [-0.05, 0) is 32.0 Å². The van der Waals surface area contributed by atoms with Gasteiger partial charge in [0, 0.05) is 29.0 Å². The van der Waals surface area contributed by atoms with Gasteiger partial charge >= 0.3 is 0 Å². The highest BCUT2D eigenvalue weighted by molar-refractivity contribution is 7.99. The van der Waals surface area contributed by atoms with E-state index in [0.29, 0.717) is 11.4 Å². The summed E-state index contributed by atoms with van der Waals surface area (Å²) >= 11 is 7.26. The molecule has 0 saturated heterocycles. The van der Waals surface area contributed by atoms with Crippen molar-refractivity contribution in [3.63, 3.8) is 0 Å². The first-order chi connectivity index (χ1) is 15.9. The summed E-state index contributed by atoms with van der Waals surface area (Å²) in [5.41, 5.74) is 6.77. The van der Waals surface area contributed by atoms with E-state index in [4.69, 9.17) is 16.6 Å². The maximum absolute atomic E-state index is 13.3. The number of nitrogens with one attached hydrogen (secondary N) is 2. The minimum absolute atomic E-state index is 0.0231. The molecule has 0 fully saturated rings. The largest absolute Gasteiger partial charge is 0.332 e. The zero-order valence-electron chi connectivity index (χ0n) is 18.3. The van der Waals surface area contributed by atoms with Gasteiger partial charge in [0.05, 0.1) is 16.4 Å². The lowest BCUT2D eigenvalue weighted by molar-refractivity contribution is -0.115. The van der Waals surface area contributed by atoms with Crippen LogP contribution in [-0.2, 0) is 4.79 Å². The van der Waals surface area contributed by atoms with Crippen molar-refractivity contribution in [2.24, 2.45) is 0 Å². The molecular weight excluding hydrogens is 457 g/mol. The van der Waals surface area contributed by atoms with Crippen LogP contribution < -0.4 is 5.32 Å². The predicted octanol–water partition coefficient (Wildman–Crippen LogP) is 7.27. The van der Waals surface area contributed by atoms with Crippen molar-refractivity contribution in [3.05, 3.63) is 88.7 Å². The van der Waals surface area contributed by atoms with Crippen LogP contribution in [-0.4, -0.2) is 21.6 Å². The zero-order valence-corrected chi connectivity index (χ0v) is 19.9. The molecule has 1 amide bonds. The molecule has 0 aliphatic heterocycles. The van der Waals surface area contributed by atoms with Crippen LogP contribution in [0, 0.1) is 19.7 Å². The normalized spacial score (nSPS) is 10.9. The minimum atomic E-state index is -0.517. The molecule has 4 aromatic rings. The SMILES string of the molecule is Cc1ccc(-c2nc(SCCC(=O)Nc3ccc(F)c(Cl)c3)[nH]c2-c2ccc(C)cc2)cc1. The number of aromatic amines is 1. The number of rotatable bonds is 7. The molecule has 0 aliphatic rings. The van der Waals surface area contributed by atoms with Gasteiger partial charge in [-0.3, -0.25) is 4.79 Å². The van der Waals surface area contributed by atoms with E-state index in [2.05, 4.69) is 72.7 Å². The van der Waals surface area contributed by atoms with E-state index >= 15 is 0 Å². The number of benzene rings is 3. The van der Waals surface area contributed by atoms with Crippen molar-refractivity contribution in [1.82, 2.24) is 9.97 Å². The van der Waals surface area contributed by atoms with Crippen LogP contribution >= 0.6 is 23.4 Å². The van der Waals surface area contributed by atoms with Gasteiger partial charge in [0.2, 0.25) is 5.91 Å². The Labute approximate surface area is 201 Å². The second-order valence-electron chi connectivity index (χ2n) is 7.77. The minimum Gasteiger partial charge on any atom is -0.332 e. The number of hydrogen-bond acceptors (Lipinski definition) is 3. The standard InChI is InChI=1S/C26H23ClFN3OS/c1-16-3-7-18(8-4-16)24-25(19-9-5-17(2)6-10-19)31-26(30-24)33-14-13-23(32)29-20-11-12-22(28)21(27)15-20/h3-12,15H,13-14H2,1-2H3,(H,29,32)(H,30,31). The Morgan fingerprint density at radius 2 is 1.64 bits per heavy atom. The molecule has 33 heavy (non-hydrogen) atoms. The second kappa shape index (κ2) is 10.2. The summed E-state index contributed by atoms with van der Waals surface area (Å²) < 4.78 is 13.3. The molecule has 0 aliphatic carbocycles. The summed E-state index contributed by atoms with van der Waals surface area (Å²) in [7, 11) is 0. The summed E-state index contributed by atoms with van der Waals surface area (Å²) in [5.74, 6) is -0.152. The van der Waals surface area contributed by atoms with Gasteiger partial charge in [-0.2, -0.15) is 0 Å². The van der Waals surface area contributed by atoms with Crippen molar-refractivity contribution < 1.29 is 9.18 Å². The molecule has 1 aromatic heterocycles. The third kappa shape index (κ3) is 5.83. The molecule has 7 heteroatoms. The smallest absolute Gasteiger partial charge is 0.225 e. The van der Waals surface area contributed by atoms with Gasteiger partial charge in [0.1, 0.15) is 5.82 Å². The molecule has 2 N–H and O–H groups in total. The second-order valence-corrected chi connectivity index (χ2v) is 9.26. The molecule has 1 heterocycles. The van der Waals surface area contributed by atoms with Crippen LogP contribution in [0.25, 0.3) is 22.5 Å². The molecule has 0 spiro atoms. The maximum atomic E-state index is 13.3. The molecule has 3 aromatic carbocycles. The number of aryl methyl sites for hydroxylation is 2. The molecular formula is C26H23ClFN3OS. The lowest BCUT2D eigenvalue weighted by atomic mass is 10.0. The Morgan fingerprint density at radius 3 is 2.27 bits per heavy atom. The fourth-order valence-electron chi connectivity index (χ4n) is 3.31. The van der Waals surface area contributed by atoms with E-state index in [1.54, 1.807) is 0 Å². The van der Waals surface area contributed by atoms with Gasteiger partial charge in [0.25, 0.3) is 0 Å². The molecule has 168 valence electrons. The lowest BCUT2D eigenvalue weighted by Crippen LogP contribution is -2.12. The number of aromatic nitrogens is 2. The highest BCUT2D eigenvalue weighted by Gasteiger charge is 2.15. The third-order valence-electron chi connectivity index (χ3n) is 5.12. The number of amides is 1. The topological polar surface area (TPSA) is 57.8 Å². The predicted molar refractivity (Wildman–Crippen MR) is 134 cm³/mol. The monoisotopic (exact) mass is 479 g/mol. The van der Waals surface area contributed by atoms with Crippen molar-refractivity contribution in [2.45, 2.75) is 25.4 Å². The van der Waals surface area contributed by atoms with Crippen molar-refractivity contribution in [3.8, 4) is 22.5 Å². The first-order valence-corrected chi connectivity index (χ1v) is 11.9. The number of carbonyl (C=O) groups excluding carboxylic acids is 1. The first kappa shape index (κ1) is 23.1. The molecule has 0 radical (unpaired) electrons. The quantitative estimate of drug-likeness (QED) is 0.274. The first-order valence-electron chi connectivity index (χ1n) is 10.5. The number of halogens is 2. The highest BCUT2D eigenvalue weighted by Crippen LogP contribution is 2.33. The van der Waals surface area contributed by atoms with Crippen LogP contribution in [0.2, 0.25) is 5.02 Å². The van der Waals surface area contributed by atoms with Gasteiger partial charge in [-0.15, -0.1) is 0 Å². The lowest BCUT2D eigenvalue weighted by Gasteiger charge is -2.05. The van der Waals surface area contributed by atoms with Gasteiger partial charge in [-0.25, -0.2) is 9.37 Å². The third-order valence-corrected chi connectivity index (χ3v) is 6.28. The number of thioether (sulfide) groups is 1. The summed E-state index contributed by atoms with van der Waals surface area (Å²) in [6, 6.07) is 20.7. The highest BCUT2D eigenvalue weighted by atomic mass is 35.5. The molecule has 4 rings (SSSR count). The maximum Gasteiger partial charge on any atom is 0.225 e. The van der Waals surface area contributed by atoms with Gasteiger partial charge in [-0.1, -0.05) is 83.0 Å². The molecule has 0 saturated carbocycles. The Hall–Kier alpha value is -3.09. The number of carbonyl (C=O) groups is 1. The van der Waals surface area contributed by atoms with Crippen LogP contribution in [0.1, 0.15) is 17.5 Å². The van der Waals surface area contributed by atoms with Gasteiger partial charge < -0.3 is 10.3 Å². The molecule has 0 atom stereocenters. The fourth-order valence-corrected chi connectivity index (χ4v) is 4.30. The zero-order chi connectivity index (χ0) is 23.4. The fraction of sp³-hybridized carbons (Fsp3) is 0.154.